The van der Waals surface area contributed by atoms with Crippen LogP contribution in [0.25, 0.3) is 11.3 Å². The SMILES string of the molecule is C1CC1.CNc1cccnc1.O=Cc1cccc(-c2c(F)cccc2F)n1.OC1CCCOC1. The van der Waals surface area contributed by atoms with Crippen molar-refractivity contribution in [3.05, 3.63) is 78.3 Å². The molecule has 2 aliphatic rings. The topological polar surface area (TPSA) is 84.3 Å². The van der Waals surface area contributed by atoms with Crippen LogP contribution in [0.15, 0.2) is 60.9 Å². The molecule has 0 bridgehead atoms. The van der Waals surface area contributed by atoms with Crippen molar-refractivity contribution >= 4 is 12.0 Å². The number of aldehydes is 1. The molecule has 1 aliphatic carbocycles. The summed E-state index contributed by atoms with van der Waals surface area (Å²) in [5.41, 5.74) is 1.08. The molecule has 0 amide bonds. The number of aromatic nitrogens is 2. The fourth-order valence-electron chi connectivity index (χ4n) is 2.63. The summed E-state index contributed by atoms with van der Waals surface area (Å²) in [5, 5.41) is 11.7. The predicted molar refractivity (Wildman–Crippen MR) is 129 cm³/mol. The summed E-state index contributed by atoms with van der Waals surface area (Å²) in [6, 6.07) is 11.9. The summed E-state index contributed by atoms with van der Waals surface area (Å²) in [7, 11) is 1.87. The number of carbonyl (C=O) groups is 1. The Bertz CT molecular complexity index is 959. The van der Waals surface area contributed by atoms with Crippen LogP contribution >= 0.6 is 0 Å². The lowest BCUT2D eigenvalue weighted by Gasteiger charge is -2.15. The lowest BCUT2D eigenvalue weighted by molar-refractivity contribution is -0.00535. The van der Waals surface area contributed by atoms with E-state index >= 15 is 0 Å². The maximum Gasteiger partial charge on any atom is 0.168 e. The number of hydrogen-bond acceptors (Lipinski definition) is 6. The monoisotopic (exact) mass is 471 g/mol. The quantitative estimate of drug-likeness (QED) is 0.505. The molecule has 5 rings (SSSR count). The van der Waals surface area contributed by atoms with Crippen molar-refractivity contribution in [2.24, 2.45) is 0 Å². The molecule has 2 N–H and O–H groups in total. The van der Waals surface area contributed by atoms with Crippen LogP contribution in [-0.2, 0) is 4.74 Å². The van der Waals surface area contributed by atoms with E-state index in [1.807, 2.05) is 19.2 Å². The molecule has 3 heterocycles. The smallest absolute Gasteiger partial charge is 0.168 e. The van der Waals surface area contributed by atoms with Crippen molar-refractivity contribution < 1.29 is 23.4 Å². The number of aliphatic hydroxyl groups is 1. The van der Waals surface area contributed by atoms with Crippen molar-refractivity contribution in [2.75, 3.05) is 25.6 Å². The second kappa shape index (κ2) is 15.6. The van der Waals surface area contributed by atoms with Gasteiger partial charge in [-0.1, -0.05) is 31.4 Å². The van der Waals surface area contributed by atoms with Gasteiger partial charge in [0.25, 0.3) is 0 Å². The molecule has 8 heteroatoms. The van der Waals surface area contributed by atoms with Crippen molar-refractivity contribution in [3.63, 3.8) is 0 Å². The summed E-state index contributed by atoms with van der Waals surface area (Å²) < 4.78 is 31.7. The maximum absolute atomic E-state index is 13.4. The number of carbonyl (C=O) groups excluding carboxylic acids is 1. The minimum Gasteiger partial charge on any atom is -0.391 e. The van der Waals surface area contributed by atoms with Crippen LogP contribution in [0.4, 0.5) is 14.5 Å². The molecule has 0 radical (unpaired) electrons. The van der Waals surface area contributed by atoms with Crippen LogP contribution in [0.3, 0.4) is 0 Å². The molecule has 1 aromatic carbocycles. The number of ether oxygens (including phenoxy) is 1. The second-order valence-corrected chi connectivity index (χ2v) is 7.59. The van der Waals surface area contributed by atoms with E-state index in [0.29, 0.717) is 12.9 Å². The molecule has 182 valence electrons. The number of nitrogens with zero attached hydrogens (tertiary/aromatic N) is 2. The van der Waals surface area contributed by atoms with Crippen LogP contribution in [0.5, 0.6) is 0 Å². The molecule has 3 aromatic rings. The first kappa shape index (κ1) is 27.0. The van der Waals surface area contributed by atoms with E-state index in [2.05, 4.69) is 15.3 Å². The highest BCUT2D eigenvalue weighted by Crippen LogP contribution is 2.23. The van der Waals surface area contributed by atoms with Gasteiger partial charge < -0.3 is 15.2 Å². The Morgan fingerprint density at radius 1 is 1.03 bits per heavy atom. The molecular weight excluding hydrogens is 440 g/mol. The third-order valence-corrected chi connectivity index (χ3v) is 4.55. The van der Waals surface area contributed by atoms with E-state index in [1.54, 1.807) is 12.4 Å². The molecular formula is C26H31F2N3O3. The molecule has 1 aliphatic heterocycles. The van der Waals surface area contributed by atoms with Crippen LogP contribution < -0.4 is 5.32 Å². The summed E-state index contributed by atoms with van der Waals surface area (Å²) in [5.74, 6) is -1.40. The van der Waals surface area contributed by atoms with Gasteiger partial charge in [0.2, 0.25) is 0 Å². The number of benzene rings is 1. The molecule has 6 nitrogen and oxygen atoms in total. The van der Waals surface area contributed by atoms with Gasteiger partial charge in [0.05, 0.1) is 29.7 Å². The average molecular weight is 472 g/mol. The number of rotatable bonds is 3. The Morgan fingerprint density at radius 3 is 2.18 bits per heavy atom. The maximum atomic E-state index is 13.4. The van der Waals surface area contributed by atoms with Crippen molar-refractivity contribution in [3.8, 4) is 11.3 Å². The van der Waals surface area contributed by atoms with Gasteiger partial charge in [0, 0.05) is 26.0 Å². The molecule has 0 spiro atoms. The number of aliphatic hydroxyl groups excluding tert-OH is 1. The number of pyridine rings is 2. The highest BCUT2D eigenvalue weighted by molar-refractivity contribution is 5.74. The van der Waals surface area contributed by atoms with E-state index in [4.69, 9.17) is 9.84 Å². The summed E-state index contributed by atoms with van der Waals surface area (Å²) in [6.45, 7) is 1.37. The van der Waals surface area contributed by atoms with Crippen molar-refractivity contribution in [1.82, 2.24) is 9.97 Å². The van der Waals surface area contributed by atoms with E-state index in [-0.39, 0.29) is 23.1 Å². The minimum absolute atomic E-state index is 0.111. The Morgan fingerprint density at radius 2 is 1.74 bits per heavy atom. The lowest BCUT2D eigenvalue weighted by atomic mass is 10.1. The number of nitrogens with one attached hydrogen (secondary N) is 1. The zero-order valence-corrected chi connectivity index (χ0v) is 19.3. The summed E-state index contributed by atoms with van der Waals surface area (Å²) >= 11 is 0. The second-order valence-electron chi connectivity index (χ2n) is 7.59. The molecule has 34 heavy (non-hydrogen) atoms. The van der Waals surface area contributed by atoms with Gasteiger partial charge >= 0.3 is 0 Å². The van der Waals surface area contributed by atoms with E-state index < -0.39 is 11.6 Å². The normalized spacial score (nSPS) is 15.7. The molecule has 1 saturated heterocycles. The van der Waals surface area contributed by atoms with Crippen LogP contribution in [-0.4, -0.2) is 47.7 Å². The van der Waals surface area contributed by atoms with Gasteiger partial charge in [-0.25, -0.2) is 13.8 Å². The van der Waals surface area contributed by atoms with Crippen molar-refractivity contribution in [2.45, 2.75) is 38.2 Å². The van der Waals surface area contributed by atoms with E-state index in [1.165, 1.54) is 43.5 Å². The zero-order valence-electron chi connectivity index (χ0n) is 19.3. The minimum atomic E-state index is -0.699. The Kier molecular flexibility index (Phi) is 12.4. The van der Waals surface area contributed by atoms with Crippen LogP contribution in [0.1, 0.15) is 42.6 Å². The highest BCUT2D eigenvalue weighted by atomic mass is 19.1. The fourth-order valence-corrected chi connectivity index (χ4v) is 2.63. The molecule has 1 atom stereocenters. The third-order valence-electron chi connectivity index (χ3n) is 4.55. The molecule has 1 unspecified atom stereocenters. The summed E-state index contributed by atoms with van der Waals surface area (Å²) in [6.07, 6.45) is 10.3. The van der Waals surface area contributed by atoms with Crippen molar-refractivity contribution in [1.29, 1.82) is 0 Å². The fraction of sp³-hybridized carbons (Fsp3) is 0.346. The zero-order chi connectivity index (χ0) is 24.6. The van der Waals surface area contributed by atoms with Gasteiger partial charge in [0.15, 0.2) is 6.29 Å². The first-order valence-electron chi connectivity index (χ1n) is 11.3. The Labute approximate surface area is 199 Å². The van der Waals surface area contributed by atoms with Gasteiger partial charge in [-0.15, -0.1) is 0 Å². The van der Waals surface area contributed by atoms with Crippen LogP contribution in [0.2, 0.25) is 0 Å². The number of hydrogen-bond donors (Lipinski definition) is 2. The first-order chi connectivity index (χ1) is 16.5. The van der Waals surface area contributed by atoms with Gasteiger partial charge in [-0.05, 0) is 49.2 Å². The van der Waals surface area contributed by atoms with Gasteiger partial charge in [0.1, 0.15) is 17.3 Å². The predicted octanol–water partition coefficient (Wildman–Crippen LogP) is 5.29. The number of anilines is 1. The molecule has 2 aromatic heterocycles. The molecule has 2 fully saturated rings. The van der Waals surface area contributed by atoms with Gasteiger partial charge in [-0.3, -0.25) is 9.78 Å². The Hall–Kier alpha value is -3.23. The standard InChI is InChI=1S/C12H7F2NO.C6H8N2.C5H10O2.C3H6/c13-9-4-2-5-10(14)12(9)11-6-1-3-8(7-16)15-11;1-7-6-3-2-4-8-5-6;6-5-2-1-3-7-4-5;1-2-3-1/h1-7H;2-5,7H,1H3;5-6H,1-4H2;1-3H2. The first-order valence-corrected chi connectivity index (χ1v) is 11.3. The number of halogens is 2. The van der Waals surface area contributed by atoms with Gasteiger partial charge in [-0.2, -0.15) is 0 Å². The largest absolute Gasteiger partial charge is 0.391 e. The lowest BCUT2D eigenvalue weighted by Crippen LogP contribution is -2.21. The van der Waals surface area contributed by atoms with Crippen LogP contribution in [0, 0.1) is 11.6 Å². The van der Waals surface area contributed by atoms with E-state index in [0.717, 1.165) is 37.3 Å². The molecule has 1 saturated carbocycles. The highest BCUT2D eigenvalue weighted by Gasteiger charge is 2.12. The Balaban J connectivity index is 0.000000188. The third kappa shape index (κ3) is 10.6. The summed E-state index contributed by atoms with van der Waals surface area (Å²) in [4.78, 5) is 18.2. The average Bonchev–Trinajstić information content (AvgIpc) is 3.76. The van der Waals surface area contributed by atoms with E-state index in [9.17, 15) is 13.6 Å².